The van der Waals surface area contributed by atoms with Gasteiger partial charge in [0.15, 0.2) is 17.3 Å². The van der Waals surface area contributed by atoms with Gasteiger partial charge in [-0.3, -0.25) is 4.99 Å². The molecule has 7 N–H and O–H groups in total. The first-order valence-electron chi connectivity index (χ1n) is 7.75. The number of aliphatic imine (C=N–C) groups is 1. The summed E-state index contributed by atoms with van der Waals surface area (Å²) < 4.78 is 2.26. The van der Waals surface area contributed by atoms with Gasteiger partial charge in [0, 0.05) is 19.4 Å². The van der Waals surface area contributed by atoms with E-state index >= 15 is 0 Å². The Morgan fingerprint density at radius 1 is 1.30 bits per heavy atom. The first-order valence-corrected chi connectivity index (χ1v) is 7.75. The summed E-state index contributed by atoms with van der Waals surface area (Å²) in [4.78, 5) is 12.0. The highest BCUT2D eigenvalue weighted by Gasteiger charge is 2.22. The molecule has 2 aromatic heterocycles. The van der Waals surface area contributed by atoms with Crippen LogP contribution in [0.4, 0.5) is 5.82 Å². The second-order valence-corrected chi connectivity index (χ2v) is 5.47. The number of aromatic amines is 1. The largest absolute Gasteiger partial charge is 0.380 e. The van der Waals surface area contributed by atoms with Gasteiger partial charge in [-0.05, 0) is 12.1 Å². The van der Waals surface area contributed by atoms with Gasteiger partial charge < -0.3 is 17.2 Å². The van der Waals surface area contributed by atoms with Gasteiger partial charge in [-0.1, -0.05) is 19.1 Å². The number of anilines is 1. The maximum atomic E-state index is 6.14. The van der Waals surface area contributed by atoms with Crippen molar-refractivity contribution in [2.45, 2.75) is 26.3 Å². The highest BCUT2D eigenvalue weighted by molar-refractivity contribution is 6.04. The summed E-state index contributed by atoms with van der Waals surface area (Å²) in [5.41, 5.74) is 19.8. The molecule has 0 saturated heterocycles. The molecule has 7 heteroatoms. The van der Waals surface area contributed by atoms with E-state index in [0.717, 1.165) is 47.1 Å². The fourth-order valence-corrected chi connectivity index (χ4v) is 2.93. The summed E-state index contributed by atoms with van der Waals surface area (Å²) in [6.45, 7) is 3.53. The highest BCUT2D eigenvalue weighted by atomic mass is 15.1. The second kappa shape index (κ2) is 6.12. The van der Waals surface area contributed by atoms with Crippen LogP contribution in [0.1, 0.15) is 19.2 Å². The highest BCUT2D eigenvalue weighted by Crippen LogP contribution is 2.25. The van der Waals surface area contributed by atoms with Crippen LogP contribution in [0.3, 0.4) is 0 Å². The SMILES string of the molecule is CCc1[nH]c2c(N)nc3ccccc3c2[n+]1CCCN=C(N)N. The summed E-state index contributed by atoms with van der Waals surface area (Å²) >= 11 is 0. The van der Waals surface area contributed by atoms with Gasteiger partial charge in [0.05, 0.1) is 17.4 Å². The van der Waals surface area contributed by atoms with E-state index in [1.165, 1.54) is 0 Å². The minimum atomic E-state index is 0.128. The lowest BCUT2D eigenvalue weighted by molar-refractivity contribution is -0.678. The van der Waals surface area contributed by atoms with Crippen molar-refractivity contribution in [2.75, 3.05) is 12.3 Å². The molecular weight excluding hydrogens is 290 g/mol. The molecule has 0 aliphatic carbocycles. The smallest absolute Gasteiger partial charge is 0.255 e. The van der Waals surface area contributed by atoms with E-state index in [0.29, 0.717) is 12.4 Å². The standard InChI is InChI=1S/C16H21N7/c1-2-12-22-13-14(23(12)9-5-8-20-16(18)19)10-6-3-4-7-11(10)21-15(13)17/h3-4,6-7H,2,5,8-9H2,1H3,(H6,17,18,19,20,21)/p+1. The number of aromatic nitrogens is 3. The summed E-state index contributed by atoms with van der Waals surface area (Å²) in [5, 5.41) is 1.09. The number of guanidine groups is 1. The number of hydrogen-bond donors (Lipinski definition) is 4. The molecule has 0 bridgehead atoms. The Balaban J connectivity index is 2.12. The Labute approximate surface area is 134 Å². The first kappa shape index (κ1) is 15.1. The van der Waals surface area contributed by atoms with Gasteiger partial charge in [-0.25, -0.2) is 14.5 Å². The lowest BCUT2D eigenvalue weighted by Crippen LogP contribution is -2.37. The predicted molar refractivity (Wildman–Crippen MR) is 92.9 cm³/mol. The predicted octanol–water partition coefficient (Wildman–Crippen LogP) is 0.812. The molecule has 0 amide bonds. The number of H-pyrrole nitrogens is 1. The van der Waals surface area contributed by atoms with Crippen LogP contribution in [0.25, 0.3) is 21.9 Å². The zero-order valence-corrected chi connectivity index (χ0v) is 13.2. The summed E-state index contributed by atoms with van der Waals surface area (Å²) in [7, 11) is 0. The molecule has 0 aliphatic heterocycles. The molecular formula is C16H22N7+. The minimum absolute atomic E-state index is 0.128. The number of imidazole rings is 1. The van der Waals surface area contributed by atoms with Crippen molar-refractivity contribution < 1.29 is 4.57 Å². The van der Waals surface area contributed by atoms with Crippen molar-refractivity contribution >= 4 is 33.7 Å². The number of nitrogens with two attached hydrogens (primary N) is 3. The van der Waals surface area contributed by atoms with Crippen LogP contribution < -0.4 is 21.8 Å². The van der Waals surface area contributed by atoms with Crippen molar-refractivity contribution in [3.8, 4) is 0 Å². The Morgan fingerprint density at radius 3 is 2.83 bits per heavy atom. The number of nitrogens with one attached hydrogen (secondary N) is 1. The van der Waals surface area contributed by atoms with Crippen molar-refractivity contribution in [1.29, 1.82) is 0 Å². The van der Waals surface area contributed by atoms with E-state index in [-0.39, 0.29) is 5.96 Å². The number of benzene rings is 1. The van der Waals surface area contributed by atoms with Crippen molar-refractivity contribution in [3.05, 3.63) is 30.1 Å². The number of pyridine rings is 1. The molecule has 120 valence electrons. The van der Waals surface area contributed by atoms with Gasteiger partial charge in [0.25, 0.3) is 5.82 Å². The zero-order chi connectivity index (χ0) is 16.4. The molecule has 0 radical (unpaired) electrons. The van der Waals surface area contributed by atoms with Crippen LogP contribution in [0, 0.1) is 0 Å². The zero-order valence-electron chi connectivity index (χ0n) is 13.2. The fraction of sp³-hybridized carbons (Fsp3) is 0.312. The van der Waals surface area contributed by atoms with Gasteiger partial charge in [0.1, 0.15) is 0 Å². The monoisotopic (exact) mass is 312 g/mol. The van der Waals surface area contributed by atoms with E-state index in [4.69, 9.17) is 17.2 Å². The number of para-hydroxylation sites is 1. The third-order valence-corrected chi connectivity index (χ3v) is 3.93. The average molecular weight is 312 g/mol. The molecule has 7 nitrogen and oxygen atoms in total. The van der Waals surface area contributed by atoms with Crippen LogP contribution in [-0.2, 0) is 13.0 Å². The lowest BCUT2D eigenvalue weighted by atomic mass is 10.2. The third kappa shape index (κ3) is 2.77. The van der Waals surface area contributed by atoms with Crippen LogP contribution in [0.5, 0.6) is 0 Å². The average Bonchev–Trinajstić information content (AvgIpc) is 2.91. The number of rotatable bonds is 5. The minimum Gasteiger partial charge on any atom is -0.380 e. The quantitative estimate of drug-likeness (QED) is 0.241. The van der Waals surface area contributed by atoms with Gasteiger partial charge >= 0.3 is 0 Å². The van der Waals surface area contributed by atoms with Crippen LogP contribution in [0.2, 0.25) is 0 Å². The maximum absolute atomic E-state index is 6.14. The third-order valence-electron chi connectivity index (χ3n) is 3.93. The van der Waals surface area contributed by atoms with Crippen LogP contribution in [-0.4, -0.2) is 22.5 Å². The molecule has 3 aromatic rings. The molecule has 1 aromatic carbocycles. The number of fused-ring (bicyclic) bond motifs is 3. The topological polar surface area (TPSA) is 123 Å². The number of hydrogen-bond acceptors (Lipinski definition) is 3. The Morgan fingerprint density at radius 2 is 2.09 bits per heavy atom. The van der Waals surface area contributed by atoms with E-state index in [9.17, 15) is 0 Å². The van der Waals surface area contributed by atoms with Crippen molar-refractivity contribution in [2.24, 2.45) is 16.5 Å². The molecule has 0 aliphatic rings. The van der Waals surface area contributed by atoms with E-state index < -0.39 is 0 Å². The van der Waals surface area contributed by atoms with Crippen molar-refractivity contribution in [3.63, 3.8) is 0 Å². The Hall–Kier alpha value is -2.83. The summed E-state index contributed by atoms with van der Waals surface area (Å²) in [6.07, 6.45) is 1.73. The molecule has 23 heavy (non-hydrogen) atoms. The first-order chi connectivity index (χ1) is 11.1. The molecule has 0 unspecified atom stereocenters. The second-order valence-electron chi connectivity index (χ2n) is 5.47. The number of nitrogen functional groups attached to an aromatic ring is 1. The molecule has 0 atom stereocenters. The van der Waals surface area contributed by atoms with Gasteiger partial charge in [0.2, 0.25) is 5.52 Å². The molecule has 0 fully saturated rings. The molecule has 3 rings (SSSR count). The molecule has 0 saturated carbocycles. The molecule has 2 heterocycles. The van der Waals surface area contributed by atoms with Gasteiger partial charge in [-0.15, -0.1) is 0 Å². The lowest BCUT2D eigenvalue weighted by Gasteiger charge is -2.03. The molecule has 0 spiro atoms. The van der Waals surface area contributed by atoms with Crippen molar-refractivity contribution in [1.82, 2.24) is 9.97 Å². The fourth-order valence-electron chi connectivity index (χ4n) is 2.93. The van der Waals surface area contributed by atoms with Crippen LogP contribution in [0.15, 0.2) is 29.3 Å². The van der Waals surface area contributed by atoms with Crippen LogP contribution >= 0.6 is 0 Å². The van der Waals surface area contributed by atoms with Gasteiger partial charge in [-0.2, -0.15) is 0 Å². The Bertz CT molecular complexity index is 875. The summed E-state index contributed by atoms with van der Waals surface area (Å²) in [5.74, 6) is 1.77. The Kier molecular flexibility index (Phi) is 4.01. The summed E-state index contributed by atoms with van der Waals surface area (Å²) in [6, 6.07) is 8.04. The van der Waals surface area contributed by atoms with E-state index in [1.807, 2.05) is 18.2 Å². The van der Waals surface area contributed by atoms with E-state index in [1.54, 1.807) is 0 Å². The van der Waals surface area contributed by atoms with E-state index in [2.05, 4.69) is 32.5 Å². The normalized spacial score (nSPS) is 11.2. The maximum Gasteiger partial charge on any atom is 0.255 e. The number of aryl methyl sites for hydroxylation is 2. The number of nitrogens with zero attached hydrogens (tertiary/aromatic N) is 3.